The molecule has 2 aliphatic carbocycles. The van der Waals surface area contributed by atoms with Gasteiger partial charge in [-0.25, -0.2) is 5.43 Å². The first-order valence-corrected chi connectivity index (χ1v) is 7.69. The lowest BCUT2D eigenvalue weighted by Gasteiger charge is -2.36. The molecule has 2 saturated carbocycles. The summed E-state index contributed by atoms with van der Waals surface area (Å²) in [5.41, 5.74) is 3.81. The summed E-state index contributed by atoms with van der Waals surface area (Å²) >= 11 is 0. The van der Waals surface area contributed by atoms with Crippen molar-refractivity contribution in [2.24, 2.45) is 21.8 Å². The van der Waals surface area contributed by atoms with Crippen LogP contribution in [-0.4, -0.2) is 17.2 Å². The fourth-order valence-corrected chi connectivity index (χ4v) is 4.01. The maximum absolute atomic E-state index is 12.7. The summed E-state index contributed by atoms with van der Waals surface area (Å²) in [5.74, 6) is 0.608. The van der Waals surface area contributed by atoms with Gasteiger partial charge in [0.2, 0.25) is 5.91 Å². The molecule has 0 unspecified atom stereocenters. The molecule has 2 aliphatic rings. The molecule has 0 spiro atoms. The Labute approximate surface area is 130 Å². The van der Waals surface area contributed by atoms with Crippen molar-refractivity contribution in [1.29, 1.82) is 0 Å². The van der Waals surface area contributed by atoms with Crippen LogP contribution in [-0.2, 0) is 4.79 Å². The SMILES string of the molecule is C=C1C(C)(C)[C@H]2CC[C@@]1(C(=O)N/N=C/c1ccccc1O)C2. The van der Waals surface area contributed by atoms with E-state index in [2.05, 4.69) is 31.0 Å². The Balaban J connectivity index is 1.73. The summed E-state index contributed by atoms with van der Waals surface area (Å²) in [5, 5.41) is 13.7. The van der Waals surface area contributed by atoms with Crippen molar-refractivity contribution in [3.05, 3.63) is 42.0 Å². The van der Waals surface area contributed by atoms with Gasteiger partial charge in [-0.15, -0.1) is 0 Å². The van der Waals surface area contributed by atoms with Gasteiger partial charge in [0.15, 0.2) is 0 Å². The highest BCUT2D eigenvalue weighted by Gasteiger charge is 2.60. The fourth-order valence-electron chi connectivity index (χ4n) is 4.01. The van der Waals surface area contributed by atoms with Gasteiger partial charge in [-0.05, 0) is 42.7 Å². The molecule has 0 saturated heterocycles. The lowest BCUT2D eigenvalue weighted by Crippen LogP contribution is -2.39. The third-order valence-electron chi connectivity index (χ3n) is 5.63. The highest BCUT2D eigenvalue weighted by atomic mass is 16.3. The Hall–Kier alpha value is -2.10. The summed E-state index contributed by atoms with van der Waals surface area (Å²) in [6.45, 7) is 8.57. The van der Waals surface area contributed by atoms with Crippen molar-refractivity contribution in [2.75, 3.05) is 0 Å². The van der Waals surface area contributed by atoms with E-state index in [-0.39, 0.29) is 17.1 Å². The normalized spacial score (nSPS) is 29.2. The van der Waals surface area contributed by atoms with Gasteiger partial charge < -0.3 is 5.11 Å². The predicted octanol–water partition coefficient (Wildman–Crippen LogP) is 3.22. The van der Waals surface area contributed by atoms with Gasteiger partial charge in [0.1, 0.15) is 5.75 Å². The van der Waals surface area contributed by atoms with Crippen LogP contribution in [0.3, 0.4) is 0 Å². The molecular formula is C18H22N2O2. The smallest absolute Gasteiger partial charge is 0.250 e. The number of nitrogens with one attached hydrogen (secondary N) is 1. The van der Waals surface area contributed by atoms with Crippen molar-refractivity contribution in [3.8, 4) is 5.75 Å². The number of carbonyl (C=O) groups excluding carboxylic acids is 1. The third kappa shape index (κ3) is 2.05. The molecule has 4 nitrogen and oxygen atoms in total. The number of hydrogen-bond donors (Lipinski definition) is 2. The summed E-state index contributed by atoms with van der Waals surface area (Å²) in [4.78, 5) is 12.7. The van der Waals surface area contributed by atoms with Crippen LogP contribution in [0.15, 0.2) is 41.5 Å². The van der Waals surface area contributed by atoms with Gasteiger partial charge >= 0.3 is 0 Å². The van der Waals surface area contributed by atoms with E-state index >= 15 is 0 Å². The number of para-hydroxylation sites is 1. The fraction of sp³-hybridized carbons (Fsp3) is 0.444. The Morgan fingerprint density at radius 2 is 2.18 bits per heavy atom. The molecule has 1 aromatic rings. The summed E-state index contributed by atoms with van der Waals surface area (Å²) in [6.07, 6.45) is 4.27. The Morgan fingerprint density at radius 3 is 2.82 bits per heavy atom. The number of nitrogens with zero attached hydrogens (tertiary/aromatic N) is 1. The Kier molecular flexibility index (Phi) is 3.35. The zero-order valence-electron chi connectivity index (χ0n) is 13.1. The maximum Gasteiger partial charge on any atom is 0.250 e. The van der Waals surface area contributed by atoms with Gasteiger partial charge in [-0.3, -0.25) is 4.79 Å². The molecule has 2 N–H and O–H groups in total. The van der Waals surface area contributed by atoms with Crippen molar-refractivity contribution in [2.45, 2.75) is 33.1 Å². The Morgan fingerprint density at radius 1 is 1.45 bits per heavy atom. The highest BCUT2D eigenvalue weighted by molar-refractivity contribution is 5.89. The summed E-state index contributed by atoms with van der Waals surface area (Å²) in [7, 11) is 0. The van der Waals surface area contributed by atoms with Crippen LogP contribution in [0.5, 0.6) is 5.75 Å². The number of carbonyl (C=O) groups is 1. The third-order valence-corrected chi connectivity index (χ3v) is 5.63. The van der Waals surface area contributed by atoms with E-state index < -0.39 is 5.41 Å². The highest BCUT2D eigenvalue weighted by Crippen LogP contribution is 2.65. The quantitative estimate of drug-likeness (QED) is 0.511. The second kappa shape index (κ2) is 4.97. The second-order valence-corrected chi connectivity index (χ2v) is 6.98. The number of hydrogen-bond acceptors (Lipinski definition) is 3. The maximum atomic E-state index is 12.7. The molecule has 1 amide bonds. The molecule has 0 radical (unpaired) electrons. The van der Waals surface area contributed by atoms with Crippen LogP contribution in [0.4, 0.5) is 0 Å². The van der Waals surface area contributed by atoms with E-state index in [1.807, 2.05) is 6.07 Å². The van der Waals surface area contributed by atoms with Gasteiger partial charge in [0, 0.05) is 5.56 Å². The molecule has 0 heterocycles. The van der Waals surface area contributed by atoms with Crippen LogP contribution in [0.2, 0.25) is 0 Å². The number of fused-ring (bicyclic) bond motifs is 2. The molecule has 2 fully saturated rings. The standard InChI is InChI=1S/C18H22N2O2/c1-12-17(2,3)14-8-9-18(12,10-14)16(22)20-19-11-13-6-4-5-7-15(13)21/h4-7,11,14,21H,1,8-10H2,2-3H3,(H,20,22)/b19-11+/t14-,18+/m0/s1. The molecular weight excluding hydrogens is 276 g/mol. The zero-order chi connectivity index (χ0) is 16.0. The molecule has 3 rings (SSSR count). The van der Waals surface area contributed by atoms with E-state index in [1.165, 1.54) is 6.21 Å². The molecule has 0 aliphatic heterocycles. The van der Waals surface area contributed by atoms with Crippen molar-refractivity contribution < 1.29 is 9.90 Å². The lowest BCUT2D eigenvalue weighted by molar-refractivity contribution is -0.128. The van der Waals surface area contributed by atoms with E-state index in [0.717, 1.165) is 24.8 Å². The zero-order valence-corrected chi connectivity index (χ0v) is 13.1. The minimum absolute atomic E-state index is 0.0248. The van der Waals surface area contributed by atoms with Crippen LogP contribution in [0.1, 0.15) is 38.7 Å². The molecule has 0 aromatic heterocycles. The monoisotopic (exact) mass is 298 g/mol. The molecule has 1 aromatic carbocycles. The van der Waals surface area contributed by atoms with Crippen LogP contribution < -0.4 is 5.43 Å². The molecule has 22 heavy (non-hydrogen) atoms. The van der Waals surface area contributed by atoms with Gasteiger partial charge in [-0.2, -0.15) is 5.10 Å². The second-order valence-electron chi connectivity index (χ2n) is 6.98. The number of benzene rings is 1. The minimum Gasteiger partial charge on any atom is -0.507 e. The first-order chi connectivity index (χ1) is 10.4. The number of amides is 1. The van der Waals surface area contributed by atoms with Gasteiger partial charge in [0.05, 0.1) is 11.6 Å². The molecule has 2 atom stereocenters. The molecule has 4 heteroatoms. The van der Waals surface area contributed by atoms with E-state index in [9.17, 15) is 9.90 Å². The first kappa shape index (κ1) is 14.8. The van der Waals surface area contributed by atoms with E-state index in [4.69, 9.17) is 0 Å². The summed E-state index contributed by atoms with van der Waals surface area (Å²) in [6, 6.07) is 6.88. The van der Waals surface area contributed by atoms with Crippen LogP contribution in [0, 0.1) is 16.7 Å². The van der Waals surface area contributed by atoms with Gasteiger partial charge in [0.25, 0.3) is 0 Å². The number of hydrazone groups is 1. The van der Waals surface area contributed by atoms with E-state index in [0.29, 0.717) is 11.5 Å². The van der Waals surface area contributed by atoms with E-state index in [1.54, 1.807) is 18.2 Å². The van der Waals surface area contributed by atoms with Crippen molar-refractivity contribution in [1.82, 2.24) is 5.43 Å². The number of phenolic OH excluding ortho intramolecular Hbond substituents is 1. The average molecular weight is 298 g/mol. The largest absolute Gasteiger partial charge is 0.507 e. The Bertz CT molecular complexity index is 663. The number of phenols is 1. The number of aromatic hydroxyl groups is 1. The van der Waals surface area contributed by atoms with Crippen molar-refractivity contribution >= 4 is 12.1 Å². The van der Waals surface area contributed by atoms with Gasteiger partial charge in [-0.1, -0.05) is 38.1 Å². The molecule has 2 bridgehead atoms. The lowest BCUT2D eigenvalue weighted by atomic mass is 9.68. The van der Waals surface area contributed by atoms with Crippen molar-refractivity contribution in [3.63, 3.8) is 0 Å². The van der Waals surface area contributed by atoms with Crippen LogP contribution in [0.25, 0.3) is 0 Å². The topological polar surface area (TPSA) is 61.7 Å². The predicted molar refractivity (Wildman–Crippen MR) is 86.5 cm³/mol. The number of rotatable bonds is 3. The molecule has 116 valence electrons. The summed E-state index contributed by atoms with van der Waals surface area (Å²) < 4.78 is 0. The average Bonchev–Trinajstić information content (AvgIpc) is 3.01. The minimum atomic E-state index is -0.468. The first-order valence-electron chi connectivity index (χ1n) is 7.69. The van der Waals surface area contributed by atoms with Crippen LogP contribution >= 0.6 is 0 Å².